The van der Waals surface area contributed by atoms with Crippen LogP contribution in [0.2, 0.25) is 0 Å². The molecule has 0 aromatic heterocycles. The number of nitrogens with zero attached hydrogens (tertiary/aromatic N) is 1. The number of likely N-dealkylation sites (tertiary alicyclic amines) is 1. The Balaban J connectivity index is 1.92. The Labute approximate surface area is 173 Å². The number of halogens is 1. The van der Waals surface area contributed by atoms with Gasteiger partial charge in [0, 0.05) is 22.3 Å². The number of hydrogen-bond acceptors (Lipinski definition) is 5. The zero-order valence-electron chi connectivity index (χ0n) is 16.3. The number of amides is 1. The molecule has 0 radical (unpaired) electrons. The minimum Gasteiger partial charge on any atom is -0.493 e. The predicted molar refractivity (Wildman–Crippen MR) is 112 cm³/mol. The Kier molecular flexibility index (Phi) is 6.80. The lowest BCUT2D eigenvalue weighted by molar-refractivity contribution is -0.121. The number of nitrogens with one attached hydrogen (secondary N) is 1. The molecule has 7 heteroatoms. The van der Waals surface area contributed by atoms with Crippen LogP contribution in [0, 0.1) is 0 Å². The molecule has 150 valence electrons. The quantitative estimate of drug-likeness (QED) is 0.685. The van der Waals surface area contributed by atoms with Crippen molar-refractivity contribution < 1.29 is 19.0 Å². The van der Waals surface area contributed by atoms with Gasteiger partial charge in [0.15, 0.2) is 11.5 Å². The maximum atomic E-state index is 13.3. The van der Waals surface area contributed by atoms with E-state index >= 15 is 0 Å². The number of benzene rings is 2. The van der Waals surface area contributed by atoms with Crippen molar-refractivity contribution in [1.82, 2.24) is 4.90 Å². The summed E-state index contributed by atoms with van der Waals surface area (Å²) >= 11 is 3.51. The minimum atomic E-state index is -0.362. The summed E-state index contributed by atoms with van der Waals surface area (Å²) in [5, 5.41) is 3.03. The predicted octanol–water partition coefficient (Wildman–Crippen LogP) is 4.25. The van der Waals surface area contributed by atoms with Crippen molar-refractivity contribution in [2.24, 2.45) is 0 Å². The van der Waals surface area contributed by atoms with E-state index in [1.165, 1.54) is 0 Å². The molecule has 0 spiro atoms. The topological polar surface area (TPSA) is 60.0 Å². The van der Waals surface area contributed by atoms with Crippen molar-refractivity contribution in [3.63, 3.8) is 0 Å². The molecular weight excluding hydrogens is 424 g/mol. The fraction of sp³-hybridized carbons (Fsp3) is 0.381. The summed E-state index contributed by atoms with van der Waals surface area (Å²) in [5.74, 6) is 1.40. The first-order valence-electron chi connectivity index (χ1n) is 9.17. The maximum Gasteiger partial charge on any atom is 0.246 e. The summed E-state index contributed by atoms with van der Waals surface area (Å²) in [4.78, 5) is 15.5. The van der Waals surface area contributed by atoms with Crippen molar-refractivity contribution in [3.8, 4) is 17.2 Å². The molecule has 1 atom stereocenters. The van der Waals surface area contributed by atoms with Gasteiger partial charge in [-0.3, -0.25) is 9.69 Å². The van der Waals surface area contributed by atoms with Crippen LogP contribution in [-0.4, -0.2) is 45.2 Å². The van der Waals surface area contributed by atoms with E-state index in [2.05, 4.69) is 26.1 Å². The van der Waals surface area contributed by atoms with Crippen LogP contribution in [0.4, 0.5) is 5.69 Å². The lowest BCUT2D eigenvalue weighted by Gasteiger charge is -2.27. The summed E-state index contributed by atoms with van der Waals surface area (Å²) in [6.07, 6.45) is 2.20. The summed E-state index contributed by atoms with van der Waals surface area (Å²) in [5.41, 5.74) is 1.56. The van der Waals surface area contributed by atoms with Crippen LogP contribution in [0.25, 0.3) is 0 Å². The summed E-state index contributed by atoms with van der Waals surface area (Å²) in [6, 6.07) is 11.0. The Morgan fingerprint density at radius 3 is 2.21 bits per heavy atom. The molecule has 1 heterocycles. The summed E-state index contributed by atoms with van der Waals surface area (Å²) in [7, 11) is 4.66. The van der Waals surface area contributed by atoms with E-state index in [1.54, 1.807) is 33.5 Å². The van der Waals surface area contributed by atoms with E-state index in [1.807, 2.05) is 24.3 Å². The lowest BCUT2D eigenvalue weighted by atomic mass is 10.0. The van der Waals surface area contributed by atoms with Crippen molar-refractivity contribution >= 4 is 27.5 Å². The van der Waals surface area contributed by atoms with Crippen LogP contribution >= 0.6 is 15.9 Å². The van der Waals surface area contributed by atoms with Gasteiger partial charge in [-0.1, -0.05) is 28.1 Å². The first-order valence-corrected chi connectivity index (χ1v) is 9.97. The van der Waals surface area contributed by atoms with Crippen LogP contribution < -0.4 is 19.5 Å². The highest BCUT2D eigenvalue weighted by atomic mass is 79.9. The largest absolute Gasteiger partial charge is 0.493 e. The Morgan fingerprint density at radius 2 is 1.68 bits per heavy atom. The number of methoxy groups -OCH3 is 3. The fourth-order valence-electron chi connectivity index (χ4n) is 3.57. The number of rotatable bonds is 7. The van der Waals surface area contributed by atoms with E-state index in [9.17, 15) is 4.79 Å². The molecule has 0 aliphatic carbocycles. The van der Waals surface area contributed by atoms with Crippen LogP contribution in [0.3, 0.4) is 0 Å². The molecule has 1 aliphatic heterocycles. The third-order valence-electron chi connectivity index (χ3n) is 4.85. The monoisotopic (exact) mass is 448 g/mol. The lowest BCUT2D eigenvalue weighted by Crippen LogP contribution is -2.35. The average Bonchev–Trinajstić information content (AvgIpc) is 3.21. The van der Waals surface area contributed by atoms with E-state index in [4.69, 9.17) is 14.2 Å². The molecule has 1 fully saturated rings. The Bertz CT molecular complexity index is 812. The number of hydrogen-bond donors (Lipinski definition) is 1. The SMILES string of the molecule is COc1cc(NC(=O)C(c2cccc(Br)c2)N2CCCC2)cc(OC)c1OC. The smallest absolute Gasteiger partial charge is 0.246 e. The van der Waals surface area contributed by atoms with Gasteiger partial charge in [0.25, 0.3) is 0 Å². The van der Waals surface area contributed by atoms with E-state index < -0.39 is 0 Å². The highest BCUT2D eigenvalue weighted by molar-refractivity contribution is 9.10. The fourth-order valence-corrected chi connectivity index (χ4v) is 3.99. The van der Waals surface area contributed by atoms with E-state index in [-0.39, 0.29) is 11.9 Å². The first kappa shape index (κ1) is 20.5. The standard InChI is InChI=1S/C21H25BrN2O4/c1-26-17-12-16(13-18(27-2)20(17)28-3)23-21(25)19(24-9-4-5-10-24)14-7-6-8-15(22)11-14/h6-8,11-13,19H,4-5,9-10H2,1-3H3,(H,23,25). The number of carbonyl (C=O) groups is 1. The van der Waals surface area contributed by atoms with Crippen molar-refractivity contribution in [2.75, 3.05) is 39.7 Å². The zero-order valence-corrected chi connectivity index (χ0v) is 17.9. The molecule has 1 aliphatic rings. The van der Waals surface area contributed by atoms with E-state index in [0.29, 0.717) is 22.9 Å². The molecule has 0 bridgehead atoms. The molecule has 2 aromatic carbocycles. The molecule has 0 saturated carbocycles. The molecule has 6 nitrogen and oxygen atoms in total. The van der Waals surface area contributed by atoms with Gasteiger partial charge in [0.05, 0.1) is 21.3 Å². The van der Waals surface area contributed by atoms with Gasteiger partial charge in [-0.05, 0) is 43.6 Å². The van der Waals surface area contributed by atoms with Crippen LogP contribution in [0.15, 0.2) is 40.9 Å². The second-order valence-electron chi connectivity index (χ2n) is 6.60. The Morgan fingerprint density at radius 1 is 1.04 bits per heavy atom. The summed E-state index contributed by atoms with van der Waals surface area (Å²) in [6.45, 7) is 1.81. The van der Waals surface area contributed by atoms with Gasteiger partial charge in [0.2, 0.25) is 11.7 Å². The van der Waals surface area contributed by atoms with Crippen LogP contribution in [0.5, 0.6) is 17.2 Å². The average molecular weight is 449 g/mol. The Hall–Kier alpha value is -2.25. The third-order valence-corrected chi connectivity index (χ3v) is 5.34. The normalized spacial score (nSPS) is 15.1. The molecule has 2 aromatic rings. The van der Waals surface area contributed by atoms with Gasteiger partial charge in [-0.15, -0.1) is 0 Å². The van der Waals surface area contributed by atoms with Crippen molar-refractivity contribution in [3.05, 3.63) is 46.4 Å². The number of anilines is 1. The number of carbonyl (C=O) groups excluding carboxylic acids is 1. The second-order valence-corrected chi connectivity index (χ2v) is 7.52. The molecule has 1 unspecified atom stereocenters. The molecule has 1 saturated heterocycles. The highest BCUT2D eigenvalue weighted by Crippen LogP contribution is 2.40. The first-order chi connectivity index (χ1) is 13.6. The van der Waals surface area contributed by atoms with Crippen molar-refractivity contribution in [1.29, 1.82) is 0 Å². The molecule has 28 heavy (non-hydrogen) atoms. The van der Waals surface area contributed by atoms with Gasteiger partial charge in [0.1, 0.15) is 6.04 Å². The van der Waals surface area contributed by atoms with Gasteiger partial charge >= 0.3 is 0 Å². The minimum absolute atomic E-state index is 0.0886. The number of ether oxygens (including phenoxy) is 3. The molecule has 3 rings (SSSR count). The molecule has 1 amide bonds. The van der Waals surface area contributed by atoms with E-state index in [0.717, 1.165) is 36.0 Å². The molecule has 1 N–H and O–H groups in total. The van der Waals surface area contributed by atoms with Crippen molar-refractivity contribution in [2.45, 2.75) is 18.9 Å². The van der Waals surface area contributed by atoms with Crippen LogP contribution in [-0.2, 0) is 4.79 Å². The van der Waals surface area contributed by atoms with Crippen LogP contribution in [0.1, 0.15) is 24.4 Å². The second kappa shape index (κ2) is 9.30. The zero-order chi connectivity index (χ0) is 20.1. The summed E-state index contributed by atoms with van der Waals surface area (Å²) < 4.78 is 17.1. The maximum absolute atomic E-state index is 13.3. The van der Waals surface area contributed by atoms with Gasteiger partial charge in [-0.25, -0.2) is 0 Å². The molecular formula is C21H25BrN2O4. The van der Waals surface area contributed by atoms with Gasteiger partial charge in [-0.2, -0.15) is 0 Å². The highest BCUT2D eigenvalue weighted by Gasteiger charge is 2.30. The van der Waals surface area contributed by atoms with Gasteiger partial charge < -0.3 is 19.5 Å². The third kappa shape index (κ3) is 4.42.